The van der Waals surface area contributed by atoms with Gasteiger partial charge in [0.15, 0.2) is 11.7 Å². The molecule has 6 nitrogen and oxygen atoms in total. The van der Waals surface area contributed by atoms with Gasteiger partial charge in [0.05, 0.1) is 6.54 Å². The molecule has 2 N–H and O–H groups in total. The molecule has 2 heterocycles. The Bertz CT molecular complexity index is 881. The minimum Gasteiger partial charge on any atom is -0.357 e. The highest BCUT2D eigenvalue weighted by atomic mass is 32.1. The summed E-state index contributed by atoms with van der Waals surface area (Å²) in [5, 5.41) is 7.19. The van der Waals surface area contributed by atoms with E-state index < -0.39 is 11.9 Å². The molecule has 0 saturated heterocycles. The van der Waals surface area contributed by atoms with E-state index in [1.165, 1.54) is 5.56 Å². The number of hydrogen-bond donors (Lipinski definition) is 2. The highest BCUT2D eigenvalue weighted by Crippen LogP contribution is 2.29. The Hall–Kier alpha value is -2.62. The highest BCUT2D eigenvalue weighted by Gasteiger charge is 2.33. The number of nitrogens with one attached hydrogen (secondary N) is 2. The number of aromatic nitrogens is 1. The van der Waals surface area contributed by atoms with Crippen molar-refractivity contribution in [1.82, 2.24) is 20.5 Å². The molecule has 1 amide bonds. The van der Waals surface area contributed by atoms with Crippen molar-refractivity contribution in [3.8, 4) is 0 Å². The van der Waals surface area contributed by atoms with Gasteiger partial charge in [0, 0.05) is 25.0 Å². The van der Waals surface area contributed by atoms with Crippen LogP contribution in [0.1, 0.15) is 28.8 Å². The van der Waals surface area contributed by atoms with Crippen LogP contribution in [0.2, 0.25) is 0 Å². The summed E-state index contributed by atoms with van der Waals surface area (Å²) in [4.78, 5) is 22.2. The summed E-state index contributed by atoms with van der Waals surface area (Å²) in [6.45, 7) is 3.69. The zero-order valence-electron chi connectivity index (χ0n) is 15.9. The first kappa shape index (κ1) is 21.1. The van der Waals surface area contributed by atoms with E-state index in [0.717, 1.165) is 28.7 Å². The van der Waals surface area contributed by atoms with Gasteiger partial charge in [-0.2, -0.15) is 13.2 Å². The highest BCUT2D eigenvalue weighted by molar-refractivity contribution is 7.09. The number of nitrogens with zero attached hydrogens (tertiary/aromatic N) is 3. The first-order valence-electron chi connectivity index (χ1n) is 9.25. The topological polar surface area (TPSA) is 69.6 Å². The van der Waals surface area contributed by atoms with Crippen molar-refractivity contribution in [3.05, 3.63) is 51.5 Å². The molecule has 1 aromatic heterocycles. The van der Waals surface area contributed by atoms with E-state index in [1.807, 2.05) is 25.1 Å². The number of guanidine groups is 1. The third kappa shape index (κ3) is 5.69. The molecule has 0 saturated carbocycles. The summed E-state index contributed by atoms with van der Waals surface area (Å²) in [5.41, 5.74) is 1.50. The molecule has 3 rings (SSSR count). The van der Waals surface area contributed by atoms with Gasteiger partial charge in [0.1, 0.15) is 11.6 Å². The number of rotatable bonds is 5. The fraction of sp³-hybridized carbons (Fsp3) is 0.421. The van der Waals surface area contributed by atoms with Gasteiger partial charge in [-0.15, -0.1) is 11.3 Å². The zero-order chi connectivity index (χ0) is 20.9. The lowest BCUT2D eigenvalue weighted by molar-refractivity contribution is -0.140. The Balaban J connectivity index is 1.56. The standard InChI is InChI=1S/C19H22F3N5OS/c1-2-23-18(24-9-16-26-15(12-29-16)19(20,21)22)25-10-17(28)27-8-7-13-5-3-4-6-14(13)11-27/h3-6,12H,2,7-11H2,1H3,(H2,23,24,25). The number of fused-ring (bicyclic) bond motifs is 1. The van der Waals surface area contributed by atoms with Crippen molar-refractivity contribution in [2.24, 2.45) is 4.99 Å². The molecule has 156 valence electrons. The van der Waals surface area contributed by atoms with E-state index in [1.54, 1.807) is 4.90 Å². The molecule has 2 aromatic rings. The SMILES string of the molecule is CCNC(=NCC(=O)N1CCc2ccccc2C1)NCc1nc(C(F)(F)F)cs1. The van der Waals surface area contributed by atoms with Gasteiger partial charge >= 0.3 is 6.18 Å². The van der Waals surface area contributed by atoms with Crippen LogP contribution < -0.4 is 10.6 Å². The third-order valence-electron chi connectivity index (χ3n) is 4.45. The second-order valence-electron chi connectivity index (χ2n) is 6.51. The second-order valence-corrected chi connectivity index (χ2v) is 7.45. The number of carbonyl (C=O) groups excluding carboxylic acids is 1. The molecular weight excluding hydrogens is 403 g/mol. The van der Waals surface area contributed by atoms with Crippen LogP contribution >= 0.6 is 11.3 Å². The van der Waals surface area contributed by atoms with Gasteiger partial charge in [-0.05, 0) is 24.5 Å². The molecule has 0 aliphatic carbocycles. The lowest BCUT2D eigenvalue weighted by Gasteiger charge is -2.28. The van der Waals surface area contributed by atoms with E-state index in [-0.39, 0.29) is 19.0 Å². The summed E-state index contributed by atoms with van der Waals surface area (Å²) >= 11 is 0.926. The predicted octanol–water partition coefficient (Wildman–Crippen LogP) is 2.80. The molecule has 1 aromatic carbocycles. The molecule has 0 atom stereocenters. The smallest absolute Gasteiger partial charge is 0.357 e. The third-order valence-corrected chi connectivity index (χ3v) is 5.30. The zero-order valence-corrected chi connectivity index (χ0v) is 16.7. The van der Waals surface area contributed by atoms with Gasteiger partial charge in [0.2, 0.25) is 5.91 Å². The number of benzene rings is 1. The molecule has 1 aliphatic heterocycles. The van der Waals surface area contributed by atoms with E-state index >= 15 is 0 Å². The normalized spacial score (nSPS) is 14.5. The number of alkyl halides is 3. The lowest BCUT2D eigenvalue weighted by atomic mass is 10.00. The van der Waals surface area contributed by atoms with E-state index in [2.05, 4.69) is 26.7 Å². The molecule has 0 spiro atoms. The van der Waals surface area contributed by atoms with Gasteiger partial charge in [-0.25, -0.2) is 9.98 Å². The molecule has 29 heavy (non-hydrogen) atoms. The minimum atomic E-state index is -4.45. The maximum Gasteiger partial charge on any atom is 0.434 e. The summed E-state index contributed by atoms with van der Waals surface area (Å²) in [5.74, 6) is 0.271. The molecule has 0 fully saturated rings. The van der Waals surface area contributed by atoms with Crippen molar-refractivity contribution in [2.45, 2.75) is 32.6 Å². The maximum atomic E-state index is 12.6. The predicted molar refractivity (Wildman–Crippen MR) is 105 cm³/mol. The molecule has 0 unspecified atom stereocenters. The van der Waals surface area contributed by atoms with Crippen molar-refractivity contribution in [3.63, 3.8) is 0 Å². The van der Waals surface area contributed by atoms with Gasteiger partial charge < -0.3 is 15.5 Å². The number of hydrogen-bond acceptors (Lipinski definition) is 4. The van der Waals surface area contributed by atoms with Crippen molar-refractivity contribution in [2.75, 3.05) is 19.6 Å². The summed E-state index contributed by atoms with van der Waals surface area (Å²) in [6.07, 6.45) is -3.64. The summed E-state index contributed by atoms with van der Waals surface area (Å²) in [7, 11) is 0. The average molecular weight is 425 g/mol. The molecule has 10 heteroatoms. The fourth-order valence-electron chi connectivity index (χ4n) is 2.98. The Labute approximate surface area is 170 Å². The van der Waals surface area contributed by atoms with Gasteiger partial charge in [-0.1, -0.05) is 24.3 Å². The van der Waals surface area contributed by atoms with Crippen LogP contribution in [0.15, 0.2) is 34.6 Å². The van der Waals surface area contributed by atoms with Crippen LogP contribution in [0.25, 0.3) is 0 Å². The van der Waals surface area contributed by atoms with Crippen molar-refractivity contribution < 1.29 is 18.0 Å². The molecule has 1 aliphatic rings. The van der Waals surface area contributed by atoms with E-state index in [9.17, 15) is 18.0 Å². The van der Waals surface area contributed by atoms with Crippen molar-refractivity contribution in [1.29, 1.82) is 0 Å². The van der Waals surface area contributed by atoms with Crippen LogP contribution in [0.5, 0.6) is 0 Å². The van der Waals surface area contributed by atoms with Crippen LogP contribution in [0.3, 0.4) is 0 Å². The van der Waals surface area contributed by atoms with E-state index in [0.29, 0.717) is 30.6 Å². The Morgan fingerprint density at radius 3 is 2.72 bits per heavy atom. The number of thiazole rings is 1. The first-order chi connectivity index (χ1) is 13.9. The minimum absolute atomic E-state index is 0.0385. The van der Waals surface area contributed by atoms with Crippen LogP contribution in [0.4, 0.5) is 13.2 Å². The first-order valence-corrected chi connectivity index (χ1v) is 10.1. The van der Waals surface area contributed by atoms with Crippen LogP contribution in [-0.4, -0.2) is 41.4 Å². The largest absolute Gasteiger partial charge is 0.434 e. The Morgan fingerprint density at radius 1 is 1.28 bits per heavy atom. The Morgan fingerprint density at radius 2 is 2.03 bits per heavy atom. The quantitative estimate of drug-likeness (QED) is 0.571. The monoisotopic (exact) mass is 425 g/mol. The van der Waals surface area contributed by atoms with Crippen LogP contribution in [0, 0.1) is 0 Å². The van der Waals surface area contributed by atoms with Gasteiger partial charge in [-0.3, -0.25) is 4.79 Å². The van der Waals surface area contributed by atoms with Crippen LogP contribution in [-0.2, 0) is 30.5 Å². The van der Waals surface area contributed by atoms with Crippen molar-refractivity contribution >= 4 is 23.2 Å². The fourth-order valence-corrected chi connectivity index (χ4v) is 3.72. The molecular formula is C19H22F3N5OS. The Kier molecular flexibility index (Phi) is 6.73. The number of amides is 1. The number of halogens is 3. The summed E-state index contributed by atoms with van der Waals surface area (Å²) < 4.78 is 37.9. The van der Waals surface area contributed by atoms with Gasteiger partial charge in [0.25, 0.3) is 0 Å². The molecule has 0 radical (unpaired) electrons. The number of carbonyl (C=O) groups is 1. The average Bonchev–Trinajstić information content (AvgIpc) is 3.19. The summed E-state index contributed by atoms with van der Waals surface area (Å²) in [6, 6.07) is 8.05. The van der Waals surface area contributed by atoms with E-state index in [4.69, 9.17) is 0 Å². The maximum absolute atomic E-state index is 12.6. The molecule has 0 bridgehead atoms. The lowest BCUT2D eigenvalue weighted by Crippen LogP contribution is -2.40. The number of aliphatic imine (C=N–C) groups is 1. The second kappa shape index (κ2) is 9.25.